The lowest BCUT2D eigenvalue weighted by Gasteiger charge is -2.16. The van der Waals surface area contributed by atoms with Crippen molar-refractivity contribution in [3.63, 3.8) is 0 Å². The third kappa shape index (κ3) is 3.50. The predicted molar refractivity (Wildman–Crippen MR) is 133 cm³/mol. The van der Waals surface area contributed by atoms with E-state index >= 15 is 0 Å². The summed E-state index contributed by atoms with van der Waals surface area (Å²) in [6, 6.07) is 5.74. The molecule has 1 aromatic carbocycles. The molecule has 1 aliphatic heterocycles. The van der Waals surface area contributed by atoms with Crippen LogP contribution in [0.3, 0.4) is 0 Å². The number of ether oxygens (including phenoxy) is 1. The number of nitrogens with two attached hydrogens (primary N) is 1. The summed E-state index contributed by atoms with van der Waals surface area (Å²) in [5.74, 6) is 9.03. The Labute approximate surface area is 203 Å². The maximum atomic E-state index is 11.9. The van der Waals surface area contributed by atoms with Gasteiger partial charge in [0.15, 0.2) is 0 Å². The van der Waals surface area contributed by atoms with Crippen LogP contribution in [0.25, 0.3) is 22.2 Å². The lowest BCUT2D eigenvalue weighted by atomic mass is 10.0. The number of hydrogen-bond acceptors (Lipinski definition) is 5. The summed E-state index contributed by atoms with van der Waals surface area (Å²) in [6.45, 7) is 9.26. The van der Waals surface area contributed by atoms with Crippen molar-refractivity contribution in [1.82, 2.24) is 19.4 Å². The van der Waals surface area contributed by atoms with Crippen molar-refractivity contribution in [2.45, 2.75) is 19.9 Å². The molecule has 0 radical (unpaired) electrons. The molecule has 2 N–H and O–H groups in total. The van der Waals surface area contributed by atoms with Crippen LogP contribution in [0.15, 0.2) is 37.2 Å². The van der Waals surface area contributed by atoms with E-state index in [1.54, 1.807) is 7.11 Å². The Hall–Kier alpha value is -3.50. The van der Waals surface area contributed by atoms with Gasteiger partial charge in [-0.1, -0.05) is 30.2 Å². The highest BCUT2D eigenvalue weighted by Gasteiger charge is 2.55. The van der Waals surface area contributed by atoms with Gasteiger partial charge in [-0.3, -0.25) is 4.79 Å². The van der Waals surface area contributed by atoms with Crippen LogP contribution in [0, 0.1) is 29.6 Å². The molecule has 174 valence electrons. The van der Waals surface area contributed by atoms with Crippen LogP contribution >= 0.6 is 11.6 Å². The topological polar surface area (TPSA) is 86.3 Å². The fourth-order valence-electron chi connectivity index (χ4n) is 5.08. The average Bonchev–Trinajstić information content (AvgIpc) is 3.15. The van der Waals surface area contributed by atoms with Crippen LogP contribution in [-0.2, 0) is 4.79 Å². The standard InChI is InChI=1S/C26H26ClN5O2/c1-5-22(33)31-11-17-16(18(17)12-31)7-9-20-23(15-6-8-19(27)21(10-15)34-4)24-25(28)29-13-30-26(24)32(20)14(2)3/h5-6,8,10,13-14,16-18H,1,11-12H2,2-4H3,(H2,28,29,30)/t16?,17-,18+. The van der Waals surface area contributed by atoms with Crippen LogP contribution in [0.1, 0.15) is 25.6 Å². The van der Waals surface area contributed by atoms with Crippen LogP contribution in [0.5, 0.6) is 5.75 Å². The molecule has 2 aromatic heterocycles. The van der Waals surface area contributed by atoms with E-state index < -0.39 is 0 Å². The largest absolute Gasteiger partial charge is 0.495 e. The first-order chi connectivity index (χ1) is 16.3. The molecule has 3 heterocycles. The molecule has 3 atom stereocenters. The van der Waals surface area contributed by atoms with E-state index in [2.05, 4.69) is 46.8 Å². The van der Waals surface area contributed by atoms with E-state index in [4.69, 9.17) is 22.1 Å². The summed E-state index contributed by atoms with van der Waals surface area (Å²) < 4.78 is 7.58. The van der Waals surface area contributed by atoms with E-state index in [-0.39, 0.29) is 17.9 Å². The lowest BCUT2D eigenvalue weighted by Crippen LogP contribution is -2.29. The molecular weight excluding hydrogens is 450 g/mol. The highest BCUT2D eigenvalue weighted by molar-refractivity contribution is 6.32. The molecule has 1 saturated carbocycles. The third-order valence-electron chi connectivity index (χ3n) is 6.81. The number of nitrogen functional groups attached to an aromatic ring is 1. The van der Waals surface area contributed by atoms with Gasteiger partial charge in [0.1, 0.15) is 29.2 Å². The maximum Gasteiger partial charge on any atom is 0.245 e. The van der Waals surface area contributed by atoms with E-state index in [1.165, 1.54) is 12.4 Å². The first-order valence-corrected chi connectivity index (χ1v) is 11.6. The van der Waals surface area contributed by atoms with Crippen molar-refractivity contribution in [3.05, 3.63) is 47.9 Å². The molecule has 1 saturated heterocycles. The summed E-state index contributed by atoms with van der Waals surface area (Å²) >= 11 is 6.30. The van der Waals surface area contributed by atoms with Gasteiger partial charge in [0.25, 0.3) is 0 Å². The molecule has 2 aliphatic rings. The number of carbonyl (C=O) groups is 1. The number of carbonyl (C=O) groups excluding carboxylic acids is 1. The van der Waals surface area contributed by atoms with Crippen molar-refractivity contribution in [2.24, 2.45) is 17.8 Å². The second-order valence-electron chi connectivity index (χ2n) is 9.06. The van der Waals surface area contributed by atoms with Gasteiger partial charge in [-0.05, 0) is 55.4 Å². The van der Waals surface area contributed by atoms with Gasteiger partial charge >= 0.3 is 0 Å². The minimum Gasteiger partial charge on any atom is -0.495 e. The first-order valence-electron chi connectivity index (χ1n) is 11.3. The normalized spacial score (nSPS) is 20.7. The molecule has 0 spiro atoms. The highest BCUT2D eigenvalue weighted by Crippen LogP contribution is 2.51. The number of fused-ring (bicyclic) bond motifs is 2. The molecule has 5 rings (SSSR count). The summed E-state index contributed by atoms with van der Waals surface area (Å²) in [5.41, 5.74) is 9.70. The predicted octanol–water partition coefficient (Wildman–Crippen LogP) is 4.17. The van der Waals surface area contributed by atoms with Gasteiger partial charge in [0, 0.05) is 30.6 Å². The Morgan fingerprint density at radius 2 is 2.06 bits per heavy atom. The highest BCUT2D eigenvalue weighted by atomic mass is 35.5. The molecule has 1 aliphatic carbocycles. The zero-order valence-electron chi connectivity index (χ0n) is 19.4. The number of halogens is 1. The van der Waals surface area contributed by atoms with E-state index in [0.29, 0.717) is 28.4 Å². The van der Waals surface area contributed by atoms with Crippen LogP contribution in [-0.4, -0.2) is 45.5 Å². The number of likely N-dealkylation sites (tertiary alicyclic amines) is 1. The minimum absolute atomic E-state index is 0.00753. The Morgan fingerprint density at radius 3 is 2.71 bits per heavy atom. The molecule has 1 unspecified atom stereocenters. The monoisotopic (exact) mass is 475 g/mol. The summed E-state index contributed by atoms with van der Waals surface area (Å²) in [7, 11) is 1.59. The minimum atomic E-state index is -0.00753. The second-order valence-corrected chi connectivity index (χ2v) is 9.47. The quantitative estimate of drug-likeness (QED) is 0.452. The number of piperidine rings is 1. The van der Waals surface area contributed by atoms with Crippen molar-refractivity contribution in [1.29, 1.82) is 0 Å². The molecule has 1 amide bonds. The van der Waals surface area contributed by atoms with Crippen LogP contribution in [0.2, 0.25) is 5.02 Å². The fraction of sp³-hybridized carbons (Fsp3) is 0.346. The van der Waals surface area contributed by atoms with Gasteiger partial charge in [0.2, 0.25) is 5.91 Å². The second kappa shape index (κ2) is 8.37. The number of methoxy groups -OCH3 is 1. The third-order valence-corrected chi connectivity index (χ3v) is 7.12. The Morgan fingerprint density at radius 1 is 1.32 bits per heavy atom. The smallest absolute Gasteiger partial charge is 0.245 e. The molecule has 8 heteroatoms. The average molecular weight is 476 g/mol. The number of rotatable bonds is 4. The number of benzene rings is 1. The summed E-state index contributed by atoms with van der Waals surface area (Å²) in [6.07, 6.45) is 2.86. The number of hydrogen-bond donors (Lipinski definition) is 1. The van der Waals surface area contributed by atoms with Gasteiger partial charge in [-0.2, -0.15) is 0 Å². The first kappa shape index (κ1) is 22.3. The Balaban J connectivity index is 1.63. The number of nitrogens with zero attached hydrogens (tertiary/aromatic N) is 4. The van der Waals surface area contributed by atoms with Gasteiger partial charge in [-0.15, -0.1) is 0 Å². The molecule has 0 bridgehead atoms. The molecular formula is C26H26ClN5O2. The van der Waals surface area contributed by atoms with E-state index in [9.17, 15) is 4.79 Å². The zero-order chi connectivity index (χ0) is 24.1. The molecule has 7 nitrogen and oxygen atoms in total. The number of amides is 1. The van der Waals surface area contributed by atoms with E-state index in [0.717, 1.165) is 40.9 Å². The van der Waals surface area contributed by atoms with Crippen molar-refractivity contribution in [3.8, 4) is 28.7 Å². The van der Waals surface area contributed by atoms with Gasteiger partial charge in [0.05, 0.1) is 17.5 Å². The molecule has 34 heavy (non-hydrogen) atoms. The van der Waals surface area contributed by atoms with E-state index in [1.807, 2.05) is 23.1 Å². The van der Waals surface area contributed by atoms with Crippen molar-refractivity contribution in [2.75, 3.05) is 25.9 Å². The summed E-state index contributed by atoms with van der Waals surface area (Å²) in [4.78, 5) is 22.6. The lowest BCUT2D eigenvalue weighted by molar-refractivity contribution is -0.125. The zero-order valence-corrected chi connectivity index (χ0v) is 20.1. The summed E-state index contributed by atoms with van der Waals surface area (Å²) in [5, 5.41) is 1.30. The van der Waals surface area contributed by atoms with Gasteiger partial charge < -0.3 is 19.9 Å². The number of anilines is 1. The Kier molecular flexibility index (Phi) is 5.49. The molecule has 3 aromatic rings. The van der Waals surface area contributed by atoms with Crippen LogP contribution in [0.4, 0.5) is 5.82 Å². The van der Waals surface area contributed by atoms with Crippen molar-refractivity contribution < 1.29 is 9.53 Å². The Bertz CT molecular complexity index is 1370. The number of aromatic nitrogens is 3. The maximum absolute atomic E-state index is 11.9. The fourth-order valence-corrected chi connectivity index (χ4v) is 5.27. The SMILES string of the molecule is C=CC(=O)N1C[C@@H]2C(C#Cc3c(-c4ccc(Cl)c(OC)c4)c4c(N)ncnc4n3C(C)C)[C@@H]2C1. The van der Waals surface area contributed by atoms with Crippen LogP contribution < -0.4 is 10.5 Å². The van der Waals surface area contributed by atoms with Gasteiger partial charge in [-0.25, -0.2) is 9.97 Å². The molecule has 2 fully saturated rings. The van der Waals surface area contributed by atoms with Crippen molar-refractivity contribution >= 4 is 34.4 Å².